The van der Waals surface area contributed by atoms with Gasteiger partial charge in [0.25, 0.3) is 5.91 Å². The Kier molecular flexibility index (Phi) is 4.03. The van der Waals surface area contributed by atoms with E-state index in [1.807, 2.05) is 36.4 Å². The predicted octanol–water partition coefficient (Wildman–Crippen LogP) is 2.36. The van der Waals surface area contributed by atoms with Crippen LogP contribution in [0.4, 0.5) is 17.1 Å². The van der Waals surface area contributed by atoms with Gasteiger partial charge in [0.2, 0.25) is 5.91 Å². The number of nitrogens with zero attached hydrogens (tertiary/aromatic N) is 2. The number of benzene rings is 2. The first kappa shape index (κ1) is 16.4. The van der Waals surface area contributed by atoms with Gasteiger partial charge in [-0.2, -0.15) is 0 Å². The molecule has 0 aliphatic carbocycles. The van der Waals surface area contributed by atoms with E-state index in [-0.39, 0.29) is 18.4 Å². The third-order valence-electron chi connectivity index (χ3n) is 4.95. The van der Waals surface area contributed by atoms with Crippen molar-refractivity contribution >= 4 is 28.9 Å². The number of anilines is 3. The largest absolute Gasteiger partial charge is 0.479 e. The number of nitrogen functional groups attached to an aromatic ring is 1. The predicted molar refractivity (Wildman–Crippen MR) is 100 cm³/mol. The van der Waals surface area contributed by atoms with E-state index in [9.17, 15) is 9.59 Å². The van der Waals surface area contributed by atoms with Crippen molar-refractivity contribution < 1.29 is 14.3 Å². The second-order valence-corrected chi connectivity index (χ2v) is 6.65. The van der Waals surface area contributed by atoms with Crippen molar-refractivity contribution in [2.75, 3.05) is 28.6 Å². The van der Waals surface area contributed by atoms with Gasteiger partial charge in [-0.1, -0.05) is 18.2 Å². The summed E-state index contributed by atoms with van der Waals surface area (Å²) in [5.74, 6) is 0.298. The van der Waals surface area contributed by atoms with Crippen molar-refractivity contribution in [3.8, 4) is 5.75 Å². The van der Waals surface area contributed by atoms with E-state index >= 15 is 0 Å². The van der Waals surface area contributed by atoms with E-state index in [0.29, 0.717) is 23.7 Å². The lowest BCUT2D eigenvalue weighted by Gasteiger charge is -2.35. The molecule has 134 valence electrons. The molecule has 2 amide bonds. The summed E-state index contributed by atoms with van der Waals surface area (Å²) in [7, 11) is 0. The Morgan fingerprint density at radius 3 is 2.81 bits per heavy atom. The first-order valence-electron chi connectivity index (χ1n) is 8.81. The first-order chi connectivity index (χ1) is 12.6. The highest BCUT2D eigenvalue weighted by Crippen LogP contribution is 2.35. The van der Waals surface area contributed by atoms with Gasteiger partial charge in [-0.05, 0) is 49.6 Å². The topological polar surface area (TPSA) is 75.9 Å². The van der Waals surface area contributed by atoms with E-state index in [4.69, 9.17) is 10.5 Å². The monoisotopic (exact) mass is 351 g/mol. The molecule has 1 atom stereocenters. The number of fused-ring (bicyclic) bond motifs is 2. The molecule has 2 aromatic carbocycles. The average Bonchev–Trinajstić information content (AvgIpc) is 2.65. The lowest BCUT2D eigenvalue weighted by Crippen LogP contribution is -2.50. The number of nitrogens with two attached hydrogens (primary N) is 1. The van der Waals surface area contributed by atoms with Crippen molar-refractivity contribution in [2.45, 2.75) is 25.9 Å². The zero-order chi connectivity index (χ0) is 18.3. The second-order valence-electron chi connectivity index (χ2n) is 6.65. The summed E-state index contributed by atoms with van der Waals surface area (Å²) in [5.41, 5.74) is 9.27. The fourth-order valence-corrected chi connectivity index (χ4v) is 3.65. The van der Waals surface area contributed by atoms with Crippen LogP contribution in [0.3, 0.4) is 0 Å². The summed E-state index contributed by atoms with van der Waals surface area (Å²) in [6.07, 6.45) is 1.11. The molecular weight excluding hydrogens is 330 g/mol. The van der Waals surface area contributed by atoms with Gasteiger partial charge in [-0.3, -0.25) is 14.5 Å². The molecule has 0 spiro atoms. The van der Waals surface area contributed by atoms with Crippen LogP contribution < -0.4 is 20.3 Å². The number of ether oxygens (including phenoxy) is 1. The highest BCUT2D eigenvalue weighted by atomic mass is 16.5. The smallest absolute Gasteiger partial charge is 0.268 e. The quantitative estimate of drug-likeness (QED) is 0.843. The van der Waals surface area contributed by atoms with Crippen LogP contribution in [0.5, 0.6) is 5.75 Å². The van der Waals surface area contributed by atoms with E-state index in [2.05, 4.69) is 0 Å². The SMILES string of the molecule is CC1Oc2ccccc2N(CC(=O)N2CCCc3c(N)cccc32)C1=O. The molecule has 26 heavy (non-hydrogen) atoms. The maximum Gasteiger partial charge on any atom is 0.268 e. The summed E-state index contributed by atoms with van der Waals surface area (Å²) >= 11 is 0. The molecule has 2 aliphatic rings. The molecule has 0 radical (unpaired) electrons. The maximum absolute atomic E-state index is 13.1. The first-order valence-corrected chi connectivity index (χ1v) is 8.81. The van der Waals surface area contributed by atoms with Gasteiger partial charge >= 0.3 is 0 Å². The van der Waals surface area contributed by atoms with Crippen LogP contribution in [0.1, 0.15) is 18.9 Å². The number of para-hydroxylation sites is 2. The van der Waals surface area contributed by atoms with E-state index in [0.717, 1.165) is 24.1 Å². The fraction of sp³-hybridized carbons (Fsp3) is 0.300. The molecule has 2 aliphatic heterocycles. The Bertz CT molecular complexity index is 880. The van der Waals surface area contributed by atoms with E-state index in [1.54, 1.807) is 17.9 Å². The molecule has 2 aromatic rings. The van der Waals surface area contributed by atoms with Gasteiger partial charge in [0.05, 0.1) is 5.69 Å². The molecular formula is C20H21N3O3. The Morgan fingerprint density at radius 1 is 1.19 bits per heavy atom. The van der Waals surface area contributed by atoms with Gasteiger partial charge in [0, 0.05) is 17.9 Å². The molecule has 0 aromatic heterocycles. The molecule has 0 saturated heterocycles. The van der Waals surface area contributed by atoms with Gasteiger partial charge in [0.15, 0.2) is 6.10 Å². The molecule has 6 nitrogen and oxygen atoms in total. The van der Waals surface area contributed by atoms with Crippen LogP contribution >= 0.6 is 0 Å². The number of carbonyl (C=O) groups excluding carboxylic acids is 2. The molecule has 0 bridgehead atoms. The van der Waals surface area contributed by atoms with Crippen LogP contribution in [-0.2, 0) is 16.0 Å². The highest BCUT2D eigenvalue weighted by molar-refractivity contribution is 6.07. The average molecular weight is 351 g/mol. The van der Waals surface area contributed by atoms with Crippen molar-refractivity contribution in [3.05, 3.63) is 48.0 Å². The van der Waals surface area contributed by atoms with Crippen LogP contribution in [0.15, 0.2) is 42.5 Å². The Balaban J connectivity index is 1.64. The summed E-state index contributed by atoms with van der Waals surface area (Å²) < 4.78 is 5.64. The number of hydrogen-bond acceptors (Lipinski definition) is 4. The van der Waals surface area contributed by atoms with E-state index < -0.39 is 6.10 Å². The molecule has 2 N–H and O–H groups in total. The van der Waals surface area contributed by atoms with Gasteiger partial charge in [0.1, 0.15) is 12.3 Å². The number of hydrogen-bond donors (Lipinski definition) is 1. The van der Waals surface area contributed by atoms with Crippen LogP contribution in [0.2, 0.25) is 0 Å². The number of rotatable bonds is 2. The minimum Gasteiger partial charge on any atom is -0.479 e. The van der Waals surface area contributed by atoms with Crippen molar-refractivity contribution in [1.29, 1.82) is 0 Å². The summed E-state index contributed by atoms with van der Waals surface area (Å²) in [6.45, 7) is 2.31. The van der Waals surface area contributed by atoms with Crippen molar-refractivity contribution in [3.63, 3.8) is 0 Å². The Hall–Kier alpha value is -3.02. The van der Waals surface area contributed by atoms with Crippen LogP contribution in [0.25, 0.3) is 0 Å². The minimum absolute atomic E-state index is 0.0161. The lowest BCUT2D eigenvalue weighted by molar-refractivity contribution is -0.127. The minimum atomic E-state index is -0.609. The van der Waals surface area contributed by atoms with Crippen LogP contribution in [-0.4, -0.2) is 31.0 Å². The molecule has 0 fully saturated rings. The molecule has 4 rings (SSSR count). The summed E-state index contributed by atoms with van der Waals surface area (Å²) in [5, 5.41) is 0. The summed E-state index contributed by atoms with van der Waals surface area (Å²) in [4.78, 5) is 28.9. The Morgan fingerprint density at radius 2 is 1.96 bits per heavy atom. The van der Waals surface area contributed by atoms with Crippen LogP contribution in [0, 0.1) is 0 Å². The second kappa shape index (κ2) is 6.37. The standard InChI is InChI=1S/C20H21N3O3/c1-13-20(25)23(17-8-2-3-10-18(17)26-13)12-19(24)22-11-5-6-14-15(21)7-4-9-16(14)22/h2-4,7-10,13H,5-6,11-12,21H2,1H3. The zero-order valence-corrected chi connectivity index (χ0v) is 14.6. The number of carbonyl (C=O) groups is 2. The van der Waals surface area contributed by atoms with Crippen molar-refractivity contribution in [2.24, 2.45) is 0 Å². The third kappa shape index (κ3) is 2.67. The molecule has 0 saturated carbocycles. The molecule has 2 heterocycles. The van der Waals surface area contributed by atoms with Gasteiger partial charge < -0.3 is 15.4 Å². The number of amides is 2. The third-order valence-corrected chi connectivity index (χ3v) is 4.95. The molecule has 1 unspecified atom stereocenters. The normalized spacial score (nSPS) is 18.8. The van der Waals surface area contributed by atoms with Gasteiger partial charge in [-0.25, -0.2) is 0 Å². The summed E-state index contributed by atoms with van der Waals surface area (Å²) in [6, 6.07) is 12.9. The van der Waals surface area contributed by atoms with Crippen molar-refractivity contribution in [1.82, 2.24) is 0 Å². The molecule has 6 heteroatoms. The zero-order valence-electron chi connectivity index (χ0n) is 14.6. The van der Waals surface area contributed by atoms with E-state index in [1.165, 1.54) is 4.90 Å². The lowest BCUT2D eigenvalue weighted by atomic mass is 9.99. The Labute approximate surface area is 152 Å². The maximum atomic E-state index is 13.1. The van der Waals surface area contributed by atoms with Gasteiger partial charge in [-0.15, -0.1) is 0 Å². The fourth-order valence-electron chi connectivity index (χ4n) is 3.65. The highest BCUT2D eigenvalue weighted by Gasteiger charge is 2.34.